The largest absolute Gasteiger partial charge is 0.126 e. The molecule has 1 saturated carbocycles. The molecule has 0 spiro atoms. The van der Waals surface area contributed by atoms with Crippen LogP contribution in [-0.2, 0) is 0 Å². The molecule has 46 valence electrons. The van der Waals surface area contributed by atoms with Gasteiger partial charge >= 0.3 is 0 Å². The van der Waals surface area contributed by atoms with Crippen molar-refractivity contribution in [3.05, 3.63) is 12.7 Å². The fourth-order valence-corrected chi connectivity index (χ4v) is 1.25. The van der Waals surface area contributed by atoms with E-state index in [1.54, 1.807) is 0 Å². The minimum absolute atomic E-state index is 0.489. The smallest absolute Gasteiger partial charge is 0.0282 e. The van der Waals surface area contributed by atoms with E-state index in [4.69, 9.17) is 11.6 Å². The van der Waals surface area contributed by atoms with Gasteiger partial charge in [0.25, 0.3) is 0 Å². The molecule has 0 aromatic rings. The molecule has 0 unspecified atom stereocenters. The summed E-state index contributed by atoms with van der Waals surface area (Å²) < 4.78 is 0. The molecule has 0 bridgehead atoms. The number of hydrogen-bond donors (Lipinski definition) is 0. The second-order valence-electron chi connectivity index (χ2n) is 2.63. The second-order valence-corrected chi connectivity index (χ2v) is 2.89. The van der Waals surface area contributed by atoms with Gasteiger partial charge in [-0.25, -0.2) is 0 Å². The van der Waals surface area contributed by atoms with Crippen LogP contribution < -0.4 is 0 Å². The predicted molar refractivity (Wildman–Crippen MR) is 37.2 cm³/mol. The molecule has 0 amide bonds. The quantitative estimate of drug-likeness (QED) is 0.407. The van der Waals surface area contributed by atoms with Crippen molar-refractivity contribution in [2.75, 3.05) is 5.88 Å². The van der Waals surface area contributed by atoms with Gasteiger partial charge in [-0.05, 0) is 24.7 Å². The van der Waals surface area contributed by atoms with Gasteiger partial charge in [-0.2, -0.15) is 0 Å². The maximum atomic E-state index is 5.69. The molecule has 1 heteroatoms. The lowest BCUT2D eigenvalue weighted by atomic mass is 10.1. The SMILES string of the molecule is C=CCC1(CCl)CC1. The summed E-state index contributed by atoms with van der Waals surface area (Å²) in [5.74, 6) is 0.818. The lowest BCUT2D eigenvalue weighted by Gasteiger charge is -2.04. The van der Waals surface area contributed by atoms with Gasteiger partial charge in [-0.3, -0.25) is 0 Å². The molecule has 1 rings (SSSR count). The van der Waals surface area contributed by atoms with Crippen LogP contribution in [0.3, 0.4) is 0 Å². The summed E-state index contributed by atoms with van der Waals surface area (Å²) in [5.41, 5.74) is 0.489. The van der Waals surface area contributed by atoms with Crippen molar-refractivity contribution in [3.8, 4) is 0 Å². The first-order valence-corrected chi connectivity index (χ1v) is 3.53. The molecule has 0 atom stereocenters. The van der Waals surface area contributed by atoms with Gasteiger partial charge in [-0.1, -0.05) is 6.08 Å². The zero-order chi connectivity index (χ0) is 6.04. The number of alkyl halides is 1. The van der Waals surface area contributed by atoms with Crippen molar-refractivity contribution in [1.29, 1.82) is 0 Å². The third-order valence-electron chi connectivity index (χ3n) is 1.82. The fraction of sp³-hybridized carbons (Fsp3) is 0.714. The van der Waals surface area contributed by atoms with Crippen LogP contribution in [0.5, 0.6) is 0 Å². The summed E-state index contributed by atoms with van der Waals surface area (Å²) in [7, 11) is 0. The van der Waals surface area contributed by atoms with Crippen molar-refractivity contribution in [3.63, 3.8) is 0 Å². The normalized spacial score (nSPS) is 22.6. The van der Waals surface area contributed by atoms with E-state index < -0.39 is 0 Å². The Hall–Kier alpha value is 0.0300. The summed E-state index contributed by atoms with van der Waals surface area (Å²) in [6.45, 7) is 3.68. The van der Waals surface area contributed by atoms with E-state index in [2.05, 4.69) is 6.58 Å². The Labute approximate surface area is 55.5 Å². The molecular formula is C7H11Cl. The van der Waals surface area contributed by atoms with Gasteiger partial charge in [0.1, 0.15) is 0 Å². The first-order chi connectivity index (χ1) is 3.83. The van der Waals surface area contributed by atoms with Crippen LogP contribution in [0.1, 0.15) is 19.3 Å². The van der Waals surface area contributed by atoms with Crippen molar-refractivity contribution in [2.24, 2.45) is 5.41 Å². The van der Waals surface area contributed by atoms with Crippen molar-refractivity contribution in [1.82, 2.24) is 0 Å². The first kappa shape index (κ1) is 6.15. The monoisotopic (exact) mass is 130 g/mol. The minimum Gasteiger partial charge on any atom is -0.126 e. The molecule has 0 aromatic heterocycles. The second kappa shape index (κ2) is 2.10. The highest BCUT2D eigenvalue weighted by Gasteiger charge is 2.39. The van der Waals surface area contributed by atoms with Gasteiger partial charge in [0.15, 0.2) is 0 Å². The number of allylic oxidation sites excluding steroid dienone is 1. The molecule has 8 heavy (non-hydrogen) atoms. The zero-order valence-corrected chi connectivity index (χ0v) is 5.75. The van der Waals surface area contributed by atoms with Gasteiger partial charge < -0.3 is 0 Å². The van der Waals surface area contributed by atoms with Gasteiger partial charge in [0, 0.05) is 5.88 Å². The summed E-state index contributed by atoms with van der Waals surface area (Å²) in [5, 5.41) is 0. The van der Waals surface area contributed by atoms with Crippen LogP contribution in [-0.4, -0.2) is 5.88 Å². The third kappa shape index (κ3) is 1.05. The average molecular weight is 131 g/mol. The number of hydrogen-bond acceptors (Lipinski definition) is 0. The lowest BCUT2D eigenvalue weighted by molar-refractivity contribution is 0.593. The molecule has 0 saturated heterocycles. The Kier molecular flexibility index (Phi) is 1.62. The van der Waals surface area contributed by atoms with E-state index in [1.807, 2.05) is 6.08 Å². The van der Waals surface area contributed by atoms with Crippen molar-refractivity contribution in [2.45, 2.75) is 19.3 Å². The maximum Gasteiger partial charge on any atom is 0.0282 e. The topological polar surface area (TPSA) is 0 Å². The molecule has 0 radical (unpaired) electrons. The van der Waals surface area contributed by atoms with Gasteiger partial charge in [0.05, 0.1) is 0 Å². The van der Waals surface area contributed by atoms with Crippen LogP contribution in [0.15, 0.2) is 12.7 Å². The highest BCUT2D eigenvalue weighted by molar-refractivity contribution is 6.18. The van der Waals surface area contributed by atoms with Gasteiger partial charge in [0.2, 0.25) is 0 Å². The van der Waals surface area contributed by atoms with Crippen LogP contribution in [0.25, 0.3) is 0 Å². The van der Waals surface area contributed by atoms with Crippen molar-refractivity contribution >= 4 is 11.6 Å². The molecule has 1 aliphatic carbocycles. The predicted octanol–water partition coefficient (Wildman–Crippen LogP) is 2.58. The number of rotatable bonds is 3. The summed E-state index contributed by atoms with van der Waals surface area (Å²) >= 11 is 5.69. The Morgan fingerprint density at radius 3 is 2.38 bits per heavy atom. The Bertz CT molecular complexity index is 92.6. The molecule has 1 fully saturated rings. The van der Waals surface area contributed by atoms with E-state index in [0.717, 1.165) is 12.3 Å². The molecule has 0 heterocycles. The van der Waals surface area contributed by atoms with E-state index in [0.29, 0.717) is 5.41 Å². The molecule has 0 aliphatic heterocycles. The molecular weight excluding hydrogens is 120 g/mol. The Morgan fingerprint density at radius 1 is 1.62 bits per heavy atom. The Balaban J connectivity index is 2.29. The van der Waals surface area contributed by atoms with E-state index in [-0.39, 0.29) is 0 Å². The fourth-order valence-electron chi connectivity index (χ4n) is 0.875. The van der Waals surface area contributed by atoms with Crippen molar-refractivity contribution < 1.29 is 0 Å². The highest BCUT2D eigenvalue weighted by Crippen LogP contribution is 2.49. The minimum atomic E-state index is 0.489. The summed E-state index contributed by atoms with van der Waals surface area (Å²) in [6.07, 6.45) is 5.69. The molecule has 1 aliphatic rings. The molecule has 0 aromatic carbocycles. The van der Waals surface area contributed by atoms with Crippen LogP contribution >= 0.6 is 11.6 Å². The zero-order valence-electron chi connectivity index (χ0n) is 4.99. The van der Waals surface area contributed by atoms with Crippen LogP contribution in [0.4, 0.5) is 0 Å². The average Bonchev–Trinajstić information content (AvgIpc) is 2.50. The molecule has 0 N–H and O–H groups in total. The van der Waals surface area contributed by atoms with Crippen LogP contribution in [0.2, 0.25) is 0 Å². The van der Waals surface area contributed by atoms with E-state index in [1.165, 1.54) is 12.8 Å². The number of halogens is 1. The third-order valence-corrected chi connectivity index (χ3v) is 2.38. The van der Waals surface area contributed by atoms with Gasteiger partial charge in [-0.15, -0.1) is 18.2 Å². The van der Waals surface area contributed by atoms with E-state index in [9.17, 15) is 0 Å². The lowest BCUT2D eigenvalue weighted by Crippen LogP contribution is -1.98. The highest BCUT2D eigenvalue weighted by atomic mass is 35.5. The Morgan fingerprint density at radius 2 is 2.25 bits per heavy atom. The van der Waals surface area contributed by atoms with Crippen LogP contribution in [0, 0.1) is 5.41 Å². The first-order valence-electron chi connectivity index (χ1n) is 3.00. The summed E-state index contributed by atoms with van der Waals surface area (Å²) in [6, 6.07) is 0. The summed E-state index contributed by atoms with van der Waals surface area (Å²) in [4.78, 5) is 0. The molecule has 0 nitrogen and oxygen atoms in total. The maximum absolute atomic E-state index is 5.69. The van der Waals surface area contributed by atoms with E-state index >= 15 is 0 Å². The standard InChI is InChI=1S/C7H11Cl/c1-2-3-7(6-8)4-5-7/h2H,1,3-6H2.